The average Bonchev–Trinajstić information content (AvgIpc) is 3.10. The van der Waals surface area contributed by atoms with Gasteiger partial charge in [-0.15, -0.1) is 0 Å². The lowest BCUT2D eigenvalue weighted by Gasteiger charge is -2.33. The van der Waals surface area contributed by atoms with Crippen molar-refractivity contribution in [2.45, 2.75) is 38.0 Å². The van der Waals surface area contributed by atoms with E-state index in [0.29, 0.717) is 12.5 Å². The van der Waals surface area contributed by atoms with Gasteiger partial charge in [0.25, 0.3) is 5.91 Å². The molecule has 2 aromatic rings. The number of nitrogens with one attached hydrogen (secondary N) is 1. The summed E-state index contributed by atoms with van der Waals surface area (Å²) in [6, 6.07) is 1.65. The summed E-state index contributed by atoms with van der Waals surface area (Å²) >= 11 is 0. The van der Waals surface area contributed by atoms with E-state index in [2.05, 4.69) is 20.4 Å². The summed E-state index contributed by atoms with van der Waals surface area (Å²) in [5.74, 6) is 0.274. The number of aryl methyl sites for hydroxylation is 1. The number of carbonyl (C=O) groups excluding carboxylic acids is 1. The zero-order chi connectivity index (χ0) is 18.6. The van der Waals surface area contributed by atoms with Gasteiger partial charge in [0.1, 0.15) is 0 Å². The monoisotopic (exact) mass is 368 g/mol. The zero-order valence-corrected chi connectivity index (χ0v) is 14.0. The van der Waals surface area contributed by atoms with Gasteiger partial charge in [-0.05, 0) is 18.9 Å². The fourth-order valence-corrected chi connectivity index (χ4v) is 2.84. The zero-order valence-electron chi connectivity index (χ0n) is 14.0. The highest BCUT2D eigenvalue weighted by Crippen LogP contribution is 2.20. The van der Waals surface area contributed by atoms with Crippen LogP contribution in [0.15, 0.2) is 30.9 Å². The van der Waals surface area contributed by atoms with Crippen molar-refractivity contribution in [3.63, 3.8) is 0 Å². The van der Waals surface area contributed by atoms with E-state index in [0.717, 1.165) is 24.1 Å². The number of anilines is 1. The number of hydrogen-bond acceptors (Lipinski definition) is 5. The number of alkyl halides is 3. The van der Waals surface area contributed by atoms with Crippen LogP contribution in [0, 0.1) is 0 Å². The predicted molar refractivity (Wildman–Crippen MR) is 87.6 cm³/mol. The van der Waals surface area contributed by atoms with Crippen molar-refractivity contribution < 1.29 is 18.0 Å². The Hall–Kier alpha value is -2.65. The molecule has 1 N–H and O–H groups in total. The smallest absolute Gasteiger partial charge is 0.347 e. The van der Waals surface area contributed by atoms with Crippen molar-refractivity contribution in [1.29, 1.82) is 0 Å². The lowest BCUT2D eigenvalue weighted by molar-refractivity contribution is -0.137. The summed E-state index contributed by atoms with van der Waals surface area (Å²) in [5.41, 5.74) is 0.250. The van der Waals surface area contributed by atoms with Crippen molar-refractivity contribution in [3.05, 3.63) is 36.4 Å². The number of amides is 1. The normalized spacial score (nSPS) is 18.0. The standard InChI is InChI=1S/C16H19F3N6O/c17-16(18,19)4-8-25-10-12(9-22-25)14(26)23-13-3-1-7-24(11-13)15-20-5-2-6-21-15/h2,5-6,9-10,13H,1,3-4,7-8,11H2,(H,23,26). The van der Waals surface area contributed by atoms with E-state index < -0.39 is 12.6 Å². The molecule has 0 bridgehead atoms. The SMILES string of the molecule is O=C(NC1CCCN(c2ncccn2)C1)c1cnn(CCC(F)(F)F)c1. The van der Waals surface area contributed by atoms with Crippen LogP contribution in [-0.2, 0) is 6.54 Å². The number of piperidine rings is 1. The Labute approximate surface area is 148 Å². The van der Waals surface area contributed by atoms with E-state index in [1.807, 2.05) is 4.90 Å². The Morgan fingerprint density at radius 2 is 2.08 bits per heavy atom. The van der Waals surface area contributed by atoms with Crippen LogP contribution in [0.1, 0.15) is 29.6 Å². The third kappa shape index (κ3) is 4.93. The van der Waals surface area contributed by atoms with Gasteiger partial charge in [0.15, 0.2) is 0 Å². The minimum absolute atomic E-state index is 0.0846. The molecule has 0 radical (unpaired) electrons. The first-order valence-electron chi connectivity index (χ1n) is 8.33. The van der Waals surface area contributed by atoms with Crippen LogP contribution < -0.4 is 10.2 Å². The first-order chi connectivity index (χ1) is 12.4. The second kappa shape index (κ2) is 7.71. The molecule has 0 saturated carbocycles. The fourth-order valence-electron chi connectivity index (χ4n) is 2.84. The fraction of sp³-hybridized carbons (Fsp3) is 0.500. The molecule has 1 atom stereocenters. The molecule has 7 nitrogen and oxygen atoms in total. The highest BCUT2D eigenvalue weighted by atomic mass is 19.4. The quantitative estimate of drug-likeness (QED) is 0.874. The minimum atomic E-state index is -4.25. The highest BCUT2D eigenvalue weighted by Gasteiger charge is 2.27. The molecule has 1 aliphatic rings. The number of hydrogen-bond donors (Lipinski definition) is 1. The van der Waals surface area contributed by atoms with Crippen molar-refractivity contribution in [1.82, 2.24) is 25.1 Å². The predicted octanol–water partition coefficient (Wildman–Crippen LogP) is 2.02. The molecule has 1 aliphatic heterocycles. The number of halogens is 3. The minimum Gasteiger partial charge on any atom is -0.347 e. The van der Waals surface area contributed by atoms with Crippen LogP contribution in [0.2, 0.25) is 0 Å². The van der Waals surface area contributed by atoms with E-state index in [1.54, 1.807) is 18.5 Å². The summed E-state index contributed by atoms with van der Waals surface area (Å²) < 4.78 is 37.9. The summed E-state index contributed by atoms with van der Waals surface area (Å²) in [6.07, 6.45) is 2.42. The average molecular weight is 368 g/mol. The van der Waals surface area contributed by atoms with Crippen LogP contribution >= 0.6 is 0 Å². The molecule has 1 amide bonds. The maximum atomic E-state index is 12.3. The van der Waals surface area contributed by atoms with Crippen LogP contribution in [0.25, 0.3) is 0 Å². The Kier molecular flexibility index (Phi) is 5.38. The molecular formula is C16H19F3N6O. The van der Waals surface area contributed by atoms with Crippen molar-refractivity contribution >= 4 is 11.9 Å². The van der Waals surface area contributed by atoms with Crippen molar-refractivity contribution in [2.75, 3.05) is 18.0 Å². The summed E-state index contributed by atoms with van der Waals surface area (Å²) in [5, 5.41) is 6.73. The van der Waals surface area contributed by atoms with Crippen molar-refractivity contribution in [3.8, 4) is 0 Å². The van der Waals surface area contributed by atoms with Gasteiger partial charge in [0.2, 0.25) is 5.95 Å². The Balaban J connectivity index is 1.55. The largest absolute Gasteiger partial charge is 0.390 e. The molecule has 3 rings (SSSR count). The summed E-state index contributed by atoms with van der Waals surface area (Å²) in [6.45, 7) is 1.09. The maximum Gasteiger partial charge on any atom is 0.390 e. The Morgan fingerprint density at radius 1 is 1.31 bits per heavy atom. The highest BCUT2D eigenvalue weighted by molar-refractivity contribution is 5.93. The van der Waals surface area contributed by atoms with E-state index in [1.165, 1.54) is 12.4 Å². The van der Waals surface area contributed by atoms with E-state index in [-0.39, 0.29) is 24.1 Å². The lowest BCUT2D eigenvalue weighted by Crippen LogP contribution is -2.48. The van der Waals surface area contributed by atoms with Crippen LogP contribution in [0.3, 0.4) is 0 Å². The molecule has 3 heterocycles. The van der Waals surface area contributed by atoms with Crippen LogP contribution in [0.4, 0.5) is 19.1 Å². The first-order valence-corrected chi connectivity index (χ1v) is 8.33. The Morgan fingerprint density at radius 3 is 2.81 bits per heavy atom. The van der Waals surface area contributed by atoms with E-state index in [9.17, 15) is 18.0 Å². The molecule has 26 heavy (non-hydrogen) atoms. The van der Waals surface area contributed by atoms with E-state index >= 15 is 0 Å². The van der Waals surface area contributed by atoms with E-state index in [4.69, 9.17) is 0 Å². The Bertz CT molecular complexity index is 733. The van der Waals surface area contributed by atoms with Gasteiger partial charge in [-0.2, -0.15) is 18.3 Å². The molecule has 0 aromatic carbocycles. The molecule has 1 fully saturated rings. The van der Waals surface area contributed by atoms with Gasteiger partial charge < -0.3 is 10.2 Å². The number of nitrogens with zero attached hydrogens (tertiary/aromatic N) is 5. The maximum absolute atomic E-state index is 12.3. The molecular weight excluding hydrogens is 349 g/mol. The first kappa shape index (κ1) is 18.2. The van der Waals surface area contributed by atoms with Gasteiger partial charge in [-0.3, -0.25) is 9.48 Å². The van der Waals surface area contributed by atoms with Crippen LogP contribution in [-0.4, -0.2) is 51.0 Å². The number of aromatic nitrogens is 4. The molecule has 140 valence electrons. The second-order valence-corrected chi connectivity index (χ2v) is 6.16. The molecule has 2 aromatic heterocycles. The molecule has 0 aliphatic carbocycles. The molecule has 10 heteroatoms. The summed E-state index contributed by atoms with van der Waals surface area (Å²) in [4.78, 5) is 22.8. The van der Waals surface area contributed by atoms with Gasteiger partial charge in [0.05, 0.1) is 18.2 Å². The molecule has 1 unspecified atom stereocenters. The van der Waals surface area contributed by atoms with Gasteiger partial charge in [0, 0.05) is 44.3 Å². The van der Waals surface area contributed by atoms with Crippen molar-refractivity contribution in [2.24, 2.45) is 0 Å². The third-order valence-corrected chi connectivity index (χ3v) is 4.11. The van der Waals surface area contributed by atoms with Gasteiger partial charge in [-0.1, -0.05) is 0 Å². The summed E-state index contributed by atoms with van der Waals surface area (Å²) in [7, 11) is 0. The second-order valence-electron chi connectivity index (χ2n) is 6.16. The van der Waals surface area contributed by atoms with Gasteiger partial charge in [-0.25, -0.2) is 9.97 Å². The lowest BCUT2D eigenvalue weighted by atomic mass is 10.1. The third-order valence-electron chi connectivity index (χ3n) is 4.11. The van der Waals surface area contributed by atoms with Crippen LogP contribution in [0.5, 0.6) is 0 Å². The molecule has 1 saturated heterocycles. The van der Waals surface area contributed by atoms with Gasteiger partial charge >= 0.3 is 6.18 Å². The molecule has 0 spiro atoms. The number of carbonyl (C=O) groups is 1. The topological polar surface area (TPSA) is 75.9 Å². The number of rotatable bonds is 5.